The van der Waals surface area contributed by atoms with E-state index < -0.39 is 21.5 Å². The van der Waals surface area contributed by atoms with E-state index in [0.717, 1.165) is 6.42 Å². The van der Waals surface area contributed by atoms with Gasteiger partial charge in [-0.2, -0.15) is 8.42 Å². The molecule has 0 amide bonds. The van der Waals surface area contributed by atoms with Gasteiger partial charge in [0.2, 0.25) is 0 Å². The number of hydrogen-bond acceptors (Lipinski definition) is 4. The van der Waals surface area contributed by atoms with Gasteiger partial charge in [-0.15, -0.1) is 0 Å². The molecule has 1 aliphatic rings. The van der Waals surface area contributed by atoms with Crippen LogP contribution in [0.15, 0.2) is 30.3 Å². The Morgan fingerprint density at radius 1 is 1.30 bits per heavy atom. The van der Waals surface area contributed by atoms with Gasteiger partial charge in [0.05, 0.1) is 12.7 Å². The van der Waals surface area contributed by atoms with Crippen LogP contribution in [0.2, 0.25) is 0 Å². The average molecular weight is 302 g/mol. The number of benzene rings is 1. The van der Waals surface area contributed by atoms with Gasteiger partial charge in [0.1, 0.15) is 5.25 Å². The minimum atomic E-state index is -3.44. The SMILES string of the molecule is CC.CC(O)C1CCOS1(=O)=O.CCc1ccccc1. The first-order valence-corrected chi connectivity index (χ1v) is 8.54. The summed E-state index contributed by atoms with van der Waals surface area (Å²) in [6.07, 6.45) is 0.716. The van der Waals surface area contributed by atoms with E-state index in [1.165, 1.54) is 12.5 Å². The van der Waals surface area contributed by atoms with Crippen molar-refractivity contribution >= 4 is 10.1 Å². The summed E-state index contributed by atoms with van der Waals surface area (Å²) in [6.45, 7) is 7.82. The van der Waals surface area contributed by atoms with Crippen LogP contribution in [0, 0.1) is 0 Å². The molecule has 0 spiro atoms. The van der Waals surface area contributed by atoms with E-state index in [2.05, 4.69) is 35.4 Å². The summed E-state index contributed by atoms with van der Waals surface area (Å²) in [6, 6.07) is 10.5. The molecule has 5 heteroatoms. The maximum absolute atomic E-state index is 10.8. The number of aliphatic hydroxyl groups is 1. The number of aliphatic hydroxyl groups excluding tert-OH is 1. The van der Waals surface area contributed by atoms with Gasteiger partial charge < -0.3 is 5.11 Å². The zero-order valence-electron chi connectivity index (χ0n) is 12.7. The van der Waals surface area contributed by atoms with Gasteiger partial charge in [0, 0.05) is 0 Å². The van der Waals surface area contributed by atoms with Crippen LogP contribution in [0.4, 0.5) is 0 Å². The van der Waals surface area contributed by atoms with Gasteiger partial charge in [0.15, 0.2) is 0 Å². The third kappa shape index (κ3) is 6.50. The molecule has 2 atom stereocenters. The van der Waals surface area contributed by atoms with Crippen molar-refractivity contribution in [1.29, 1.82) is 0 Å². The highest BCUT2D eigenvalue weighted by Crippen LogP contribution is 2.20. The van der Waals surface area contributed by atoms with Gasteiger partial charge in [-0.25, -0.2) is 0 Å². The zero-order chi connectivity index (χ0) is 15.6. The second-order valence-electron chi connectivity index (χ2n) is 4.22. The Hall–Kier alpha value is -0.910. The normalized spacial score (nSPS) is 20.9. The Labute approximate surface area is 122 Å². The Bertz CT molecular complexity index is 440. The van der Waals surface area contributed by atoms with Gasteiger partial charge in [0.25, 0.3) is 10.1 Å². The van der Waals surface area contributed by atoms with Crippen molar-refractivity contribution in [3.63, 3.8) is 0 Å². The summed E-state index contributed by atoms with van der Waals surface area (Å²) in [5.41, 5.74) is 1.41. The van der Waals surface area contributed by atoms with Gasteiger partial charge in [-0.05, 0) is 25.3 Å². The smallest absolute Gasteiger partial charge is 0.272 e. The highest BCUT2D eigenvalue weighted by atomic mass is 32.2. The van der Waals surface area contributed by atoms with Gasteiger partial charge in [-0.3, -0.25) is 4.18 Å². The fourth-order valence-electron chi connectivity index (χ4n) is 1.71. The van der Waals surface area contributed by atoms with Crippen molar-refractivity contribution < 1.29 is 17.7 Å². The molecule has 0 aromatic heterocycles. The molecule has 1 heterocycles. The zero-order valence-corrected chi connectivity index (χ0v) is 13.6. The maximum Gasteiger partial charge on any atom is 0.272 e. The van der Waals surface area contributed by atoms with Crippen LogP contribution < -0.4 is 0 Å². The van der Waals surface area contributed by atoms with Gasteiger partial charge in [-0.1, -0.05) is 51.1 Å². The Balaban J connectivity index is 0.000000327. The van der Waals surface area contributed by atoms with Crippen LogP contribution in [0.5, 0.6) is 0 Å². The average Bonchev–Trinajstić information content (AvgIpc) is 2.82. The molecule has 1 fully saturated rings. The molecule has 4 nitrogen and oxygen atoms in total. The van der Waals surface area contributed by atoms with Crippen LogP contribution in [-0.4, -0.2) is 31.5 Å². The first-order valence-electron chi connectivity index (χ1n) is 7.07. The largest absolute Gasteiger partial charge is 0.392 e. The fourth-order valence-corrected chi connectivity index (χ4v) is 3.08. The van der Waals surface area contributed by atoms with E-state index in [4.69, 9.17) is 5.11 Å². The van der Waals surface area contributed by atoms with E-state index >= 15 is 0 Å². The van der Waals surface area contributed by atoms with Crippen LogP contribution in [0.1, 0.15) is 39.7 Å². The summed E-state index contributed by atoms with van der Waals surface area (Å²) in [7, 11) is -3.44. The molecule has 1 aromatic rings. The number of rotatable bonds is 2. The molecule has 2 rings (SSSR count). The van der Waals surface area contributed by atoms with E-state index in [1.807, 2.05) is 19.9 Å². The molecule has 20 heavy (non-hydrogen) atoms. The fraction of sp³-hybridized carbons (Fsp3) is 0.600. The number of hydrogen-bond donors (Lipinski definition) is 1. The lowest BCUT2D eigenvalue weighted by molar-refractivity contribution is 0.188. The second-order valence-corrected chi connectivity index (χ2v) is 6.05. The Kier molecular flexibility index (Phi) is 9.46. The van der Waals surface area contributed by atoms with Crippen molar-refractivity contribution in [1.82, 2.24) is 0 Å². The van der Waals surface area contributed by atoms with Crippen molar-refractivity contribution in [3.05, 3.63) is 35.9 Å². The molecule has 0 radical (unpaired) electrons. The quantitative estimate of drug-likeness (QED) is 0.853. The molecule has 1 N–H and O–H groups in total. The van der Waals surface area contributed by atoms with Crippen molar-refractivity contribution in [2.45, 2.75) is 51.9 Å². The monoisotopic (exact) mass is 302 g/mol. The topological polar surface area (TPSA) is 63.6 Å². The van der Waals surface area contributed by atoms with Crippen LogP contribution in [0.3, 0.4) is 0 Å². The molecule has 116 valence electrons. The van der Waals surface area contributed by atoms with Crippen LogP contribution >= 0.6 is 0 Å². The lowest BCUT2D eigenvalue weighted by Crippen LogP contribution is -2.27. The molecule has 2 unspecified atom stereocenters. The van der Waals surface area contributed by atoms with Crippen molar-refractivity contribution in [3.8, 4) is 0 Å². The minimum Gasteiger partial charge on any atom is -0.392 e. The molecule has 1 saturated heterocycles. The Morgan fingerprint density at radius 3 is 2.10 bits per heavy atom. The van der Waals surface area contributed by atoms with Crippen molar-refractivity contribution in [2.24, 2.45) is 0 Å². The molecular formula is C15H26O4S. The highest BCUT2D eigenvalue weighted by molar-refractivity contribution is 7.87. The second kappa shape index (κ2) is 9.91. The predicted molar refractivity (Wildman–Crippen MR) is 82.1 cm³/mol. The van der Waals surface area contributed by atoms with Crippen LogP contribution in [0.25, 0.3) is 0 Å². The van der Waals surface area contributed by atoms with Crippen molar-refractivity contribution in [2.75, 3.05) is 6.61 Å². The van der Waals surface area contributed by atoms with E-state index in [-0.39, 0.29) is 6.61 Å². The van der Waals surface area contributed by atoms with Gasteiger partial charge >= 0.3 is 0 Å². The summed E-state index contributed by atoms with van der Waals surface area (Å²) in [5.74, 6) is 0. The molecule has 1 aliphatic heterocycles. The first kappa shape index (κ1) is 19.1. The first-order chi connectivity index (χ1) is 9.47. The standard InChI is InChI=1S/C8H10.C5H10O4S.C2H6/c1-2-8-6-4-3-5-7-8;1-4(6)5-2-3-9-10(5,7)8;1-2/h3-7H,2H2,1H3;4-6H,2-3H2,1H3;1-2H3. The highest BCUT2D eigenvalue weighted by Gasteiger charge is 2.36. The molecule has 0 bridgehead atoms. The molecule has 0 aliphatic carbocycles. The lowest BCUT2D eigenvalue weighted by atomic mass is 10.2. The summed E-state index contributed by atoms with van der Waals surface area (Å²) in [4.78, 5) is 0. The van der Waals surface area contributed by atoms with Crippen LogP contribution in [-0.2, 0) is 20.7 Å². The number of aryl methyl sites for hydroxylation is 1. The van der Waals surface area contributed by atoms with E-state index in [0.29, 0.717) is 6.42 Å². The summed E-state index contributed by atoms with van der Waals surface area (Å²) >= 11 is 0. The lowest BCUT2D eigenvalue weighted by Gasteiger charge is -2.08. The predicted octanol–water partition coefficient (Wildman–Crippen LogP) is 2.76. The maximum atomic E-state index is 10.8. The van der Waals surface area contributed by atoms with E-state index in [1.54, 1.807) is 0 Å². The molecular weight excluding hydrogens is 276 g/mol. The van der Waals surface area contributed by atoms with E-state index in [9.17, 15) is 8.42 Å². The Morgan fingerprint density at radius 2 is 1.85 bits per heavy atom. The summed E-state index contributed by atoms with van der Waals surface area (Å²) < 4.78 is 26.1. The third-order valence-corrected chi connectivity index (χ3v) is 4.68. The molecule has 1 aromatic carbocycles. The molecule has 0 saturated carbocycles. The third-order valence-electron chi connectivity index (χ3n) is 2.81. The summed E-state index contributed by atoms with van der Waals surface area (Å²) in [5, 5.41) is 8.21. The minimum absolute atomic E-state index is 0.206.